The predicted molar refractivity (Wildman–Crippen MR) is 106 cm³/mol. The molecule has 1 heterocycles. The molecule has 1 saturated carbocycles. The van der Waals surface area contributed by atoms with Crippen molar-refractivity contribution in [2.75, 3.05) is 10.6 Å². The first kappa shape index (κ1) is 18.9. The van der Waals surface area contributed by atoms with E-state index in [0.717, 1.165) is 16.9 Å². The van der Waals surface area contributed by atoms with Gasteiger partial charge in [-0.3, -0.25) is 9.59 Å². The molecule has 2 amide bonds. The zero-order chi connectivity index (χ0) is 19.3. The molecule has 0 spiro atoms. The molecule has 1 aromatic carbocycles. The number of hydrogen-bond acceptors (Lipinski definition) is 4. The molecule has 0 aliphatic heterocycles. The molecule has 3 rings (SSSR count). The standard InChI is InChI=1S/C19H22ClN3O2S/c1-10-7-6-8-11(20)13(10)22-15(24)12-9-21-17(26-12)23-16(25)14-18(2,3)19(14,4)5/h6-9,14H,1-5H3,(H,22,24)(H,21,23,25). The Morgan fingerprint density at radius 2 is 1.81 bits per heavy atom. The number of aryl methyl sites for hydroxylation is 1. The number of benzene rings is 1. The molecule has 0 bridgehead atoms. The first-order chi connectivity index (χ1) is 12.1. The van der Waals surface area contributed by atoms with E-state index in [1.165, 1.54) is 6.20 Å². The minimum Gasteiger partial charge on any atom is -0.320 e. The summed E-state index contributed by atoms with van der Waals surface area (Å²) in [7, 11) is 0. The van der Waals surface area contributed by atoms with Gasteiger partial charge >= 0.3 is 0 Å². The summed E-state index contributed by atoms with van der Waals surface area (Å²) in [5, 5.41) is 6.56. The number of carbonyl (C=O) groups is 2. The number of halogens is 1. The molecular formula is C19H22ClN3O2S. The van der Waals surface area contributed by atoms with Gasteiger partial charge in [0.05, 0.1) is 16.9 Å². The highest BCUT2D eigenvalue weighted by Gasteiger charge is 2.68. The number of nitrogens with one attached hydrogen (secondary N) is 2. The molecule has 2 aromatic rings. The summed E-state index contributed by atoms with van der Waals surface area (Å²) in [4.78, 5) is 29.5. The Kier molecular flexibility index (Phi) is 4.61. The van der Waals surface area contributed by atoms with Crippen LogP contribution in [0.3, 0.4) is 0 Å². The largest absolute Gasteiger partial charge is 0.320 e. The van der Waals surface area contributed by atoms with Crippen LogP contribution in [-0.4, -0.2) is 16.8 Å². The molecule has 1 aliphatic rings. The Labute approximate surface area is 162 Å². The van der Waals surface area contributed by atoms with E-state index in [-0.39, 0.29) is 28.6 Å². The van der Waals surface area contributed by atoms with Gasteiger partial charge in [0.15, 0.2) is 5.13 Å². The number of rotatable bonds is 4. The summed E-state index contributed by atoms with van der Waals surface area (Å²) in [5.41, 5.74) is 1.37. The van der Waals surface area contributed by atoms with Crippen molar-refractivity contribution >= 4 is 45.6 Å². The van der Waals surface area contributed by atoms with Gasteiger partial charge < -0.3 is 10.6 Å². The molecule has 0 radical (unpaired) electrons. The molecule has 1 aromatic heterocycles. The van der Waals surface area contributed by atoms with E-state index in [2.05, 4.69) is 43.3 Å². The summed E-state index contributed by atoms with van der Waals surface area (Å²) in [6.07, 6.45) is 1.46. The molecule has 0 atom stereocenters. The zero-order valence-electron chi connectivity index (χ0n) is 15.4. The topological polar surface area (TPSA) is 71.1 Å². The molecule has 1 fully saturated rings. The van der Waals surface area contributed by atoms with Crippen LogP contribution in [0.25, 0.3) is 0 Å². The van der Waals surface area contributed by atoms with E-state index in [0.29, 0.717) is 20.7 Å². The fourth-order valence-electron chi connectivity index (χ4n) is 3.43. The van der Waals surface area contributed by atoms with E-state index >= 15 is 0 Å². The van der Waals surface area contributed by atoms with Crippen LogP contribution in [-0.2, 0) is 4.79 Å². The van der Waals surface area contributed by atoms with Gasteiger partial charge in [-0.1, -0.05) is 62.8 Å². The number of amides is 2. The Hall–Kier alpha value is -1.92. The van der Waals surface area contributed by atoms with E-state index in [1.54, 1.807) is 6.07 Å². The molecule has 1 aliphatic carbocycles. The monoisotopic (exact) mass is 391 g/mol. The number of nitrogens with zero attached hydrogens (tertiary/aromatic N) is 1. The maximum absolute atomic E-state index is 12.5. The Morgan fingerprint density at radius 3 is 2.38 bits per heavy atom. The van der Waals surface area contributed by atoms with E-state index in [9.17, 15) is 9.59 Å². The number of hydrogen-bond donors (Lipinski definition) is 2. The third-order valence-corrected chi connectivity index (χ3v) is 6.93. The van der Waals surface area contributed by atoms with Crippen molar-refractivity contribution in [2.24, 2.45) is 16.7 Å². The van der Waals surface area contributed by atoms with Crippen LogP contribution < -0.4 is 10.6 Å². The van der Waals surface area contributed by atoms with Crippen LogP contribution in [0.15, 0.2) is 24.4 Å². The highest BCUT2D eigenvalue weighted by Crippen LogP contribution is 2.68. The molecule has 0 unspecified atom stereocenters. The van der Waals surface area contributed by atoms with Crippen molar-refractivity contribution < 1.29 is 9.59 Å². The van der Waals surface area contributed by atoms with Gasteiger partial charge in [0, 0.05) is 5.92 Å². The summed E-state index contributed by atoms with van der Waals surface area (Å²) in [6, 6.07) is 5.43. The SMILES string of the molecule is Cc1cccc(Cl)c1NC(=O)c1cnc(NC(=O)C2C(C)(C)C2(C)C)s1. The van der Waals surface area contributed by atoms with Crippen LogP contribution in [0.2, 0.25) is 5.02 Å². The van der Waals surface area contributed by atoms with Gasteiger partial charge in [-0.2, -0.15) is 0 Å². The Balaban J connectivity index is 1.68. The van der Waals surface area contributed by atoms with Crippen LogP contribution in [0.5, 0.6) is 0 Å². The zero-order valence-corrected chi connectivity index (χ0v) is 17.0. The van der Waals surface area contributed by atoms with Crippen molar-refractivity contribution in [1.29, 1.82) is 0 Å². The third kappa shape index (κ3) is 3.12. The number of para-hydroxylation sites is 1. The van der Waals surface area contributed by atoms with Gasteiger partial charge in [0.2, 0.25) is 5.91 Å². The van der Waals surface area contributed by atoms with Crippen molar-refractivity contribution in [2.45, 2.75) is 34.6 Å². The van der Waals surface area contributed by atoms with Crippen LogP contribution in [0, 0.1) is 23.7 Å². The van der Waals surface area contributed by atoms with Gasteiger partial charge in [-0.15, -0.1) is 0 Å². The van der Waals surface area contributed by atoms with Crippen molar-refractivity contribution in [3.8, 4) is 0 Å². The fraction of sp³-hybridized carbons (Fsp3) is 0.421. The van der Waals surface area contributed by atoms with Crippen molar-refractivity contribution in [1.82, 2.24) is 4.98 Å². The lowest BCUT2D eigenvalue weighted by atomic mass is 10.0. The lowest BCUT2D eigenvalue weighted by Crippen LogP contribution is -2.17. The predicted octanol–water partition coefficient (Wildman–Crippen LogP) is 4.98. The normalized spacial score (nSPS) is 17.6. The summed E-state index contributed by atoms with van der Waals surface area (Å²) >= 11 is 7.29. The quantitative estimate of drug-likeness (QED) is 0.772. The third-order valence-electron chi connectivity index (χ3n) is 5.70. The molecule has 138 valence electrons. The average molecular weight is 392 g/mol. The number of anilines is 2. The van der Waals surface area contributed by atoms with Gasteiger partial charge in [0.25, 0.3) is 5.91 Å². The summed E-state index contributed by atoms with van der Waals surface area (Å²) in [6.45, 7) is 10.2. The second kappa shape index (κ2) is 6.35. The lowest BCUT2D eigenvalue weighted by molar-refractivity contribution is -0.118. The fourth-order valence-corrected chi connectivity index (χ4v) is 4.42. The number of thiazole rings is 1. The lowest BCUT2D eigenvalue weighted by Gasteiger charge is -2.08. The van der Waals surface area contributed by atoms with Gasteiger partial charge in [0.1, 0.15) is 4.88 Å². The first-order valence-corrected chi connectivity index (χ1v) is 9.58. The summed E-state index contributed by atoms with van der Waals surface area (Å²) < 4.78 is 0. The highest BCUT2D eigenvalue weighted by molar-refractivity contribution is 7.17. The number of aromatic nitrogens is 1. The maximum Gasteiger partial charge on any atom is 0.267 e. The molecule has 26 heavy (non-hydrogen) atoms. The molecule has 5 nitrogen and oxygen atoms in total. The van der Waals surface area contributed by atoms with Gasteiger partial charge in [-0.05, 0) is 29.4 Å². The van der Waals surface area contributed by atoms with Crippen molar-refractivity contribution in [3.63, 3.8) is 0 Å². The average Bonchev–Trinajstić information content (AvgIpc) is 2.87. The summed E-state index contributed by atoms with van der Waals surface area (Å²) in [5.74, 6) is -0.420. The van der Waals surface area contributed by atoms with Crippen LogP contribution in [0.1, 0.15) is 42.9 Å². The highest BCUT2D eigenvalue weighted by atomic mass is 35.5. The first-order valence-electron chi connectivity index (χ1n) is 8.39. The maximum atomic E-state index is 12.5. The van der Waals surface area contributed by atoms with Gasteiger partial charge in [-0.25, -0.2) is 4.98 Å². The molecule has 0 saturated heterocycles. The van der Waals surface area contributed by atoms with Crippen LogP contribution in [0.4, 0.5) is 10.8 Å². The second-order valence-corrected chi connectivity index (χ2v) is 9.22. The van der Waals surface area contributed by atoms with Crippen molar-refractivity contribution in [3.05, 3.63) is 39.9 Å². The van der Waals surface area contributed by atoms with E-state index < -0.39 is 0 Å². The molecular weight excluding hydrogens is 370 g/mol. The minimum atomic E-state index is -0.300. The molecule has 2 N–H and O–H groups in total. The Bertz CT molecular complexity index is 854. The smallest absolute Gasteiger partial charge is 0.267 e. The minimum absolute atomic E-state index is 0.0455. The molecule has 7 heteroatoms. The van der Waals surface area contributed by atoms with E-state index in [1.807, 2.05) is 19.1 Å². The second-order valence-electron chi connectivity index (χ2n) is 7.78. The number of carbonyl (C=O) groups excluding carboxylic acids is 2. The Morgan fingerprint density at radius 1 is 1.15 bits per heavy atom. The van der Waals surface area contributed by atoms with E-state index in [4.69, 9.17) is 11.6 Å². The van der Waals surface area contributed by atoms with Crippen LogP contribution >= 0.6 is 22.9 Å².